The van der Waals surface area contributed by atoms with E-state index in [1.54, 1.807) is 0 Å². The Morgan fingerprint density at radius 1 is 1.58 bits per heavy atom. The smallest absolute Gasteiger partial charge is 0.105 e. The number of hydrogen-bond acceptors (Lipinski definition) is 2. The zero-order chi connectivity index (χ0) is 8.97. The Labute approximate surface area is 72.7 Å². The molecule has 12 heavy (non-hydrogen) atoms. The van der Waals surface area contributed by atoms with Crippen LogP contribution in [-0.2, 0) is 6.54 Å². The summed E-state index contributed by atoms with van der Waals surface area (Å²) in [5.74, 6) is 1.03. The largest absolute Gasteiger partial charge is 0.335 e. The lowest BCUT2D eigenvalue weighted by Crippen LogP contribution is -1.98. The highest BCUT2D eigenvalue weighted by atomic mass is 15.1. The van der Waals surface area contributed by atoms with Crippen molar-refractivity contribution in [2.24, 2.45) is 0 Å². The molecule has 0 unspecified atom stereocenters. The summed E-state index contributed by atoms with van der Waals surface area (Å²) in [7, 11) is 0. The zero-order valence-corrected chi connectivity index (χ0v) is 7.54. The summed E-state index contributed by atoms with van der Waals surface area (Å²) in [6.07, 6.45) is 3.55. The molecule has 0 N–H and O–H groups in total. The van der Waals surface area contributed by atoms with E-state index in [1.807, 2.05) is 20.0 Å². The van der Waals surface area contributed by atoms with Crippen molar-refractivity contribution in [2.75, 3.05) is 0 Å². The van der Waals surface area contributed by atoms with E-state index in [0.29, 0.717) is 6.42 Å². The topological polar surface area (TPSA) is 41.6 Å². The van der Waals surface area contributed by atoms with Crippen LogP contribution in [0.25, 0.3) is 0 Å². The van der Waals surface area contributed by atoms with E-state index >= 15 is 0 Å². The van der Waals surface area contributed by atoms with Gasteiger partial charge in [0, 0.05) is 19.2 Å². The minimum Gasteiger partial charge on any atom is -0.335 e. The van der Waals surface area contributed by atoms with Crippen molar-refractivity contribution in [3.05, 3.63) is 17.7 Å². The molecule has 0 saturated heterocycles. The van der Waals surface area contributed by atoms with Gasteiger partial charge in [0.15, 0.2) is 0 Å². The summed E-state index contributed by atoms with van der Waals surface area (Å²) in [6, 6.07) is 2.13. The maximum Gasteiger partial charge on any atom is 0.105 e. The van der Waals surface area contributed by atoms with Gasteiger partial charge < -0.3 is 4.57 Å². The lowest BCUT2D eigenvalue weighted by Gasteiger charge is -2.00. The van der Waals surface area contributed by atoms with Gasteiger partial charge in [-0.15, -0.1) is 0 Å². The first-order chi connectivity index (χ1) is 5.74. The maximum absolute atomic E-state index is 8.34. The molecule has 0 amide bonds. The van der Waals surface area contributed by atoms with Crippen LogP contribution in [0, 0.1) is 25.2 Å². The summed E-state index contributed by atoms with van der Waals surface area (Å²) in [5, 5.41) is 8.34. The average Bonchev–Trinajstić information content (AvgIpc) is 2.31. The van der Waals surface area contributed by atoms with Crippen LogP contribution in [0.5, 0.6) is 0 Å². The third kappa shape index (κ3) is 2.09. The Morgan fingerprint density at radius 3 is 2.83 bits per heavy atom. The summed E-state index contributed by atoms with van der Waals surface area (Å²) in [4.78, 5) is 4.27. The van der Waals surface area contributed by atoms with Crippen LogP contribution in [0.15, 0.2) is 6.20 Å². The van der Waals surface area contributed by atoms with Crippen LogP contribution in [0.4, 0.5) is 0 Å². The SMILES string of the molecule is Cc1cn(CCCC#N)c(C)n1. The van der Waals surface area contributed by atoms with E-state index in [2.05, 4.69) is 15.6 Å². The van der Waals surface area contributed by atoms with Crippen LogP contribution in [0.1, 0.15) is 24.4 Å². The molecule has 0 aliphatic rings. The molecule has 1 heterocycles. The fourth-order valence-corrected chi connectivity index (χ4v) is 1.22. The molecular weight excluding hydrogens is 150 g/mol. The Morgan fingerprint density at radius 2 is 2.33 bits per heavy atom. The Balaban J connectivity index is 2.52. The standard InChI is InChI=1S/C9H13N3/c1-8-7-12(9(2)11-8)6-4-3-5-10/h7H,3-4,6H2,1-2H3. The number of hydrogen-bond donors (Lipinski definition) is 0. The number of imidazole rings is 1. The third-order valence-corrected chi connectivity index (χ3v) is 1.78. The highest BCUT2D eigenvalue weighted by molar-refractivity contribution is 5.00. The van der Waals surface area contributed by atoms with Crippen molar-refractivity contribution in [1.82, 2.24) is 9.55 Å². The molecule has 1 rings (SSSR count). The van der Waals surface area contributed by atoms with E-state index < -0.39 is 0 Å². The molecule has 3 nitrogen and oxygen atoms in total. The monoisotopic (exact) mass is 163 g/mol. The van der Waals surface area contributed by atoms with Crippen molar-refractivity contribution < 1.29 is 0 Å². The van der Waals surface area contributed by atoms with Crippen molar-refractivity contribution in [3.63, 3.8) is 0 Å². The lowest BCUT2D eigenvalue weighted by atomic mass is 10.3. The normalized spacial score (nSPS) is 9.75. The molecule has 0 bridgehead atoms. The van der Waals surface area contributed by atoms with Crippen LogP contribution in [-0.4, -0.2) is 9.55 Å². The summed E-state index contributed by atoms with van der Waals surface area (Å²) < 4.78 is 2.09. The molecule has 1 aromatic heterocycles. The van der Waals surface area contributed by atoms with E-state index in [0.717, 1.165) is 24.5 Å². The lowest BCUT2D eigenvalue weighted by molar-refractivity contribution is 0.635. The first-order valence-corrected chi connectivity index (χ1v) is 4.11. The first kappa shape index (κ1) is 8.79. The summed E-state index contributed by atoms with van der Waals surface area (Å²) in [5.41, 5.74) is 1.05. The van der Waals surface area contributed by atoms with Gasteiger partial charge in [0.2, 0.25) is 0 Å². The molecule has 1 aromatic rings. The van der Waals surface area contributed by atoms with Gasteiger partial charge in [0.1, 0.15) is 5.82 Å². The van der Waals surface area contributed by atoms with E-state index in [4.69, 9.17) is 5.26 Å². The van der Waals surface area contributed by atoms with Crippen molar-refractivity contribution in [1.29, 1.82) is 5.26 Å². The predicted octanol–water partition coefficient (Wildman–Crippen LogP) is 1.80. The van der Waals surface area contributed by atoms with E-state index in [-0.39, 0.29) is 0 Å². The van der Waals surface area contributed by atoms with Gasteiger partial charge in [-0.1, -0.05) is 0 Å². The maximum atomic E-state index is 8.34. The third-order valence-electron chi connectivity index (χ3n) is 1.78. The number of aromatic nitrogens is 2. The minimum absolute atomic E-state index is 0.622. The van der Waals surface area contributed by atoms with Crippen molar-refractivity contribution >= 4 is 0 Å². The second kappa shape index (κ2) is 3.91. The predicted molar refractivity (Wildman–Crippen MR) is 46.5 cm³/mol. The number of aryl methyl sites for hydroxylation is 3. The molecule has 0 saturated carbocycles. The molecule has 64 valence electrons. The van der Waals surface area contributed by atoms with Gasteiger partial charge in [0.05, 0.1) is 11.8 Å². The van der Waals surface area contributed by atoms with Crippen LogP contribution >= 0.6 is 0 Å². The van der Waals surface area contributed by atoms with Crippen molar-refractivity contribution in [2.45, 2.75) is 33.2 Å². The summed E-state index contributed by atoms with van der Waals surface area (Å²) >= 11 is 0. The van der Waals surface area contributed by atoms with Gasteiger partial charge in [-0.05, 0) is 20.3 Å². The number of nitrogens with zero attached hydrogens (tertiary/aromatic N) is 3. The molecule has 0 aromatic carbocycles. The fourth-order valence-electron chi connectivity index (χ4n) is 1.22. The second-order valence-corrected chi connectivity index (χ2v) is 2.88. The molecule has 0 aliphatic heterocycles. The zero-order valence-electron chi connectivity index (χ0n) is 7.54. The fraction of sp³-hybridized carbons (Fsp3) is 0.556. The molecule has 3 heteroatoms. The van der Waals surface area contributed by atoms with Crippen LogP contribution < -0.4 is 0 Å². The molecule has 0 spiro atoms. The number of nitriles is 1. The molecule has 0 fully saturated rings. The quantitative estimate of drug-likeness (QED) is 0.637. The molecule has 0 atom stereocenters. The Hall–Kier alpha value is -1.30. The van der Waals surface area contributed by atoms with Gasteiger partial charge in [0.25, 0.3) is 0 Å². The molecule has 0 radical (unpaired) electrons. The van der Waals surface area contributed by atoms with Gasteiger partial charge >= 0.3 is 0 Å². The molecular formula is C9H13N3. The number of rotatable bonds is 3. The van der Waals surface area contributed by atoms with E-state index in [9.17, 15) is 0 Å². The Bertz CT molecular complexity index is 293. The Kier molecular flexibility index (Phi) is 2.87. The minimum atomic E-state index is 0.622. The first-order valence-electron chi connectivity index (χ1n) is 4.11. The van der Waals surface area contributed by atoms with Crippen LogP contribution in [0.2, 0.25) is 0 Å². The van der Waals surface area contributed by atoms with Crippen molar-refractivity contribution in [3.8, 4) is 6.07 Å². The van der Waals surface area contributed by atoms with Gasteiger partial charge in [-0.3, -0.25) is 0 Å². The van der Waals surface area contributed by atoms with E-state index in [1.165, 1.54) is 0 Å². The van der Waals surface area contributed by atoms with Gasteiger partial charge in [-0.2, -0.15) is 5.26 Å². The average molecular weight is 163 g/mol. The second-order valence-electron chi connectivity index (χ2n) is 2.88. The molecule has 0 aliphatic carbocycles. The van der Waals surface area contributed by atoms with Crippen LogP contribution in [0.3, 0.4) is 0 Å². The summed E-state index contributed by atoms with van der Waals surface area (Å²) in [6.45, 7) is 4.87. The number of unbranched alkanes of at least 4 members (excludes halogenated alkanes) is 1. The van der Waals surface area contributed by atoms with Gasteiger partial charge in [-0.25, -0.2) is 4.98 Å². The highest BCUT2D eigenvalue weighted by Gasteiger charge is 1.98. The highest BCUT2D eigenvalue weighted by Crippen LogP contribution is 2.02.